The summed E-state index contributed by atoms with van der Waals surface area (Å²) in [5.74, 6) is 0. The van der Waals surface area contributed by atoms with Gasteiger partial charge in [-0.15, -0.1) is 11.3 Å². The fourth-order valence-corrected chi connectivity index (χ4v) is 5.99. The number of aryl methyl sites for hydroxylation is 1. The third-order valence-electron chi connectivity index (χ3n) is 6.89. The molecule has 0 radical (unpaired) electrons. The van der Waals surface area contributed by atoms with E-state index in [1.54, 1.807) is 0 Å². The molecule has 0 saturated carbocycles. The van der Waals surface area contributed by atoms with Gasteiger partial charge in [-0.05, 0) is 86.6 Å². The number of benzene rings is 5. The highest BCUT2D eigenvalue weighted by Crippen LogP contribution is 2.37. The standard InChI is InChI=1S/C33H28S/c1-2-3-4-7-23-10-12-24(13-11-23)14-16-28-22-32-30-17-15-27-20-25-8-5-6-9-26(25)21-31(27)29(30)18-19-33(32)34-28/h5-6,8-22H,2-4,7H2,1H3/b16-14+. The monoisotopic (exact) mass is 456 g/mol. The van der Waals surface area contributed by atoms with E-state index in [0.29, 0.717) is 0 Å². The minimum atomic E-state index is 1.19. The lowest BCUT2D eigenvalue weighted by atomic mass is 9.97. The smallest absolute Gasteiger partial charge is 0.0355 e. The van der Waals surface area contributed by atoms with Crippen LogP contribution in [0.1, 0.15) is 42.2 Å². The minimum Gasteiger partial charge on any atom is -0.136 e. The maximum absolute atomic E-state index is 2.35. The Morgan fingerprint density at radius 1 is 0.618 bits per heavy atom. The van der Waals surface area contributed by atoms with Crippen LogP contribution in [0.25, 0.3) is 54.6 Å². The van der Waals surface area contributed by atoms with Gasteiger partial charge in [0.05, 0.1) is 0 Å². The molecule has 0 aliphatic heterocycles. The Morgan fingerprint density at radius 2 is 1.38 bits per heavy atom. The van der Waals surface area contributed by atoms with Crippen LogP contribution in [0.2, 0.25) is 0 Å². The van der Waals surface area contributed by atoms with Crippen molar-refractivity contribution >= 4 is 65.9 Å². The number of hydrogen-bond donors (Lipinski definition) is 0. The molecular formula is C33H28S. The predicted molar refractivity (Wildman–Crippen MR) is 153 cm³/mol. The first kappa shape index (κ1) is 21.1. The van der Waals surface area contributed by atoms with E-state index in [-0.39, 0.29) is 0 Å². The Hall–Kier alpha value is -3.42. The number of thiophene rings is 1. The summed E-state index contributed by atoms with van der Waals surface area (Å²) in [5, 5.41) is 9.26. The summed E-state index contributed by atoms with van der Waals surface area (Å²) in [7, 11) is 0. The molecule has 0 unspecified atom stereocenters. The molecule has 0 nitrogen and oxygen atoms in total. The normalized spacial score (nSPS) is 12.0. The van der Waals surface area contributed by atoms with E-state index in [1.165, 1.54) is 84.1 Å². The van der Waals surface area contributed by atoms with Crippen LogP contribution in [-0.4, -0.2) is 0 Å². The molecule has 0 saturated heterocycles. The third-order valence-corrected chi connectivity index (χ3v) is 7.95. The molecule has 1 heterocycles. The molecule has 5 aromatic carbocycles. The minimum absolute atomic E-state index is 1.19. The van der Waals surface area contributed by atoms with Gasteiger partial charge in [0.25, 0.3) is 0 Å². The van der Waals surface area contributed by atoms with Gasteiger partial charge in [-0.2, -0.15) is 0 Å². The van der Waals surface area contributed by atoms with Gasteiger partial charge < -0.3 is 0 Å². The summed E-state index contributed by atoms with van der Waals surface area (Å²) in [4.78, 5) is 1.30. The molecule has 6 aromatic rings. The topological polar surface area (TPSA) is 0 Å². The highest BCUT2D eigenvalue weighted by molar-refractivity contribution is 7.20. The van der Waals surface area contributed by atoms with Crippen molar-refractivity contribution in [3.63, 3.8) is 0 Å². The van der Waals surface area contributed by atoms with Gasteiger partial charge in [-0.25, -0.2) is 0 Å². The molecule has 6 rings (SSSR count). The zero-order chi connectivity index (χ0) is 22.9. The van der Waals surface area contributed by atoms with Gasteiger partial charge in [0.1, 0.15) is 0 Å². The highest BCUT2D eigenvalue weighted by Gasteiger charge is 2.08. The second-order valence-electron chi connectivity index (χ2n) is 9.24. The van der Waals surface area contributed by atoms with Crippen LogP contribution < -0.4 is 0 Å². The van der Waals surface area contributed by atoms with E-state index in [2.05, 4.69) is 110 Å². The number of hydrogen-bond acceptors (Lipinski definition) is 1. The largest absolute Gasteiger partial charge is 0.136 e. The first-order valence-corrected chi connectivity index (χ1v) is 13.1. The highest BCUT2D eigenvalue weighted by atomic mass is 32.1. The fraction of sp³-hybridized carbons (Fsp3) is 0.152. The van der Waals surface area contributed by atoms with Crippen LogP contribution in [0.5, 0.6) is 0 Å². The van der Waals surface area contributed by atoms with E-state index in [1.807, 2.05) is 11.3 Å². The molecule has 0 bridgehead atoms. The summed E-state index contributed by atoms with van der Waals surface area (Å²) in [5.41, 5.74) is 2.71. The molecule has 0 aliphatic carbocycles. The zero-order valence-electron chi connectivity index (χ0n) is 19.6. The molecule has 0 amide bonds. The SMILES string of the molecule is CCCCCc1ccc(/C=C/c2cc3c(ccc4c5cc6ccccc6cc5ccc34)s2)cc1. The molecular weight excluding hydrogens is 428 g/mol. The first-order valence-electron chi connectivity index (χ1n) is 12.3. The Bertz CT molecular complexity index is 1650. The lowest BCUT2D eigenvalue weighted by molar-refractivity contribution is 0.717. The maximum Gasteiger partial charge on any atom is 0.0355 e. The van der Waals surface area contributed by atoms with E-state index in [4.69, 9.17) is 0 Å². The van der Waals surface area contributed by atoms with Crippen molar-refractivity contribution in [3.05, 3.63) is 107 Å². The summed E-state index contributed by atoms with van der Waals surface area (Å²) in [6, 6.07) is 33.9. The summed E-state index contributed by atoms with van der Waals surface area (Å²) < 4.78 is 1.35. The van der Waals surface area contributed by atoms with Crippen molar-refractivity contribution < 1.29 is 0 Å². The molecule has 1 heteroatoms. The Kier molecular flexibility index (Phi) is 5.65. The van der Waals surface area contributed by atoms with Crippen LogP contribution in [0.4, 0.5) is 0 Å². The fourth-order valence-electron chi connectivity index (χ4n) is 5.00. The van der Waals surface area contributed by atoms with Crippen LogP contribution in [-0.2, 0) is 6.42 Å². The molecule has 166 valence electrons. The van der Waals surface area contributed by atoms with Crippen molar-refractivity contribution in [3.8, 4) is 0 Å². The Morgan fingerprint density at radius 3 is 2.21 bits per heavy atom. The van der Waals surface area contributed by atoms with Crippen molar-refractivity contribution in [1.29, 1.82) is 0 Å². The quantitative estimate of drug-likeness (QED) is 0.133. The first-order chi connectivity index (χ1) is 16.8. The van der Waals surface area contributed by atoms with Crippen molar-refractivity contribution in [2.45, 2.75) is 32.6 Å². The maximum atomic E-state index is 2.35. The van der Waals surface area contributed by atoms with Crippen LogP contribution in [0.3, 0.4) is 0 Å². The van der Waals surface area contributed by atoms with Gasteiger partial charge in [0, 0.05) is 15.0 Å². The molecule has 0 atom stereocenters. The van der Waals surface area contributed by atoms with Gasteiger partial charge in [0.2, 0.25) is 0 Å². The predicted octanol–water partition coefficient (Wildman–Crippen LogP) is 10.3. The number of unbranched alkanes of at least 4 members (excludes halogenated alkanes) is 2. The van der Waals surface area contributed by atoms with Crippen molar-refractivity contribution in [1.82, 2.24) is 0 Å². The molecule has 0 N–H and O–H groups in total. The third kappa shape index (κ3) is 4.02. The molecule has 0 spiro atoms. The lowest BCUT2D eigenvalue weighted by Crippen LogP contribution is -1.85. The van der Waals surface area contributed by atoms with Crippen molar-refractivity contribution in [2.24, 2.45) is 0 Å². The summed E-state index contributed by atoms with van der Waals surface area (Å²) >= 11 is 1.87. The van der Waals surface area contributed by atoms with E-state index >= 15 is 0 Å². The molecule has 0 fully saturated rings. The zero-order valence-corrected chi connectivity index (χ0v) is 20.4. The molecule has 0 aliphatic rings. The Labute approximate surface area is 205 Å². The van der Waals surface area contributed by atoms with E-state index < -0.39 is 0 Å². The summed E-state index contributed by atoms with van der Waals surface area (Å²) in [6.45, 7) is 2.26. The van der Waals surface area contributed by atoms with Crippen LogP contribution >= 0.6 is 11.3 Å². The average molecular weight is 457 g/mol. The Balaban J connectivity index is 1.34. The number of rotatable bonds is 6. The number of fused-ring (bicyclic) bond motifs is 6. The van der Waals surface area contributed by atoms with Gasteiger partial charge in [-0.3, -0.25) is 0 Å². The van der Waals surface area contributed by atoms with Crippen LogP contribution in [0.15, 0.2) is 91.0 Å². The van der Waals surface area contributed by atoms with Gasteiger partial charge in [-0.1, -0.05) is 92.6 Å². The van der Waals surface area contributed by atoms with Gasteiger partial charge in [0.15, 0.2) is 0 Å². The summed E-state index contributed by atoms with van der Waals surface area (Å²) in [6.07, 6.45) is 9.56. The van der Waals surface area contributed by atoms with Crippen LogP contribution in [0, 0.1) is 0 Å². The average Bonchev–Trinajstić information content (AvgIpc) is 3.30. The molecule has 1 aromatic heterocycles. The van der Waals surface area contributed by atoms with E-state index in [9.17, 15) is 0 Å². The van der Waals surface area contributed by atoms with E-state index in [0.717, 1.165) is 0 Å². The van der Waals surface area contributed by atoms with Crippen molar-refractivity contribution in [2.75, 3.05) is 0 Å². The van der Waals surface area contributed by atoms with Gasteiger partial charge >= 0.3 is 0 Å². The molecule has 34 heavy (non-hydrogen) atoms. The second kappa shape index (κ2) is 9.08. The second-order valence-corrected chi connectivity index (χ2v) is 10.4. The lowest BCUT2D eigenvalue weighted by Gasteiger charge is -2.07.